The number of esters is 1. The number of carbonyl (C=O) groups excluding carboxylic acids is 1. The normalized spacial score (nSPS) is 12.0. The van der Waals surface area contributed by atoms with E-state index in [9.17, 15) is 4.79 Å². The molecule has 3 aromatic carbocycles. The second-order valence-corrected chi connectivity index (χ2v) is 11.7. The molecular weight excluding hydrogens is 546 g/mol. The highest BCUT2D eigenvalue weighted by Crippen LogP contribution is 2.41. The number of pyridine rings is 1. The highest BCUT2D eigenvalue weighted by atomic mass is 35.5. The van der Waals surface area contributed by atoms with Gasteiger partial charge in [0.2, 0.25) is 0 Å². The number of benzene rings is 3. The molecule has 5 rings (SSSR count). The van der Waals surface area contributed by atoms with Gasteiger partial charge in [-0.2, -0.15) is 0 Å². The van der Waals surface area contributed by atoms with Crippen LogP contribution in [-0.4, -0.2) is 27.1 Å². The van der Waals surface area contributed by atoms with Crippen LogP contribution < -0.4 is 0 Å². The van der Waals surface area contributed by atoms with Gasteiger partial charge in [0, 0.05) is 6.54 Å². The first kappa shape index (κ1) is 29.5. The zero-order chi connectivity index (χ0) is 29.6. The Morgan fingerprint density at radius 1 is 0.762 bits per heavy atom. The van der Waals surface area contributed by atoms with Crippen LogP contribution in [0.5, 0.6) is 0 Å². The number of nitrogens with zero attached hydrogens (tertiary/aromatic N) is 3. The summed E-state index contributed by atoms with van der Waals surface area (Å²) >= 11 is 6.31. The topological polar surface area (TPSA) is 66.2 Å². The SMILES string of the molecule is CC(C)(C)C(=O)OCCCCn1c(COC(c2ccccc2)(c2ccccc2)c2ccccc2)nc2ccc(Cl)nc21. The van der Waals surface area contributed by atoms with Crippen molar-refractivity contribution in [3.63, 3.8) is 0 Å². The molecule has 0 saturated carbocycles. The van der Waals surface area contributed by atoms with Crippen LogP contribution >= 0.6 is 11.6 Å². The van der Waals surface area contributed by atoms with Crippen LogP contribution in [0.2, 0.25) is 5.15 Å². The average Bonchev–Trinajstić information content (AvgIpc) is 3.34. The fraction of sp³-hybridized carbons (Fsp3) is 0.286. The second kappa shape index (κ2) is 12.9. The minimum atomic E-state index is -0.876. The molecule has 0 spiro atoms. The molecule has 6 nitrogen and oxygen atoms in total. The number of ether oxygens (including phenoxy) is 2. The first-order chi connectivity index (χ1) is 20.3. The van der Waals surface area contributed by atoms with Gasteiger partial charge in [-0.3, -0.25) is 4.79 Å². The molecule has 42 heavy (non-hydrogen) atoms. The zero-order valence-electron chi connectivity index (χ0n) is 24.3. The van der Waals surface area contributed by atoms with Crippen molar-refractivity contribution in [3.05, 3.63) is 131 Å². The van der Waals surface area contributed by atoms with E-state index in [-0.39, 0.29) is 12.6 Å². The summed E-state index contributed by atoms with van der Waals surface area (Å²) in [6, 6.07) is 34.5. The van der Waals surface area contributed by atoms with Crippen molar-refractivity contribution in [2.75, 3.05) is 6.61 Å². The van der Waals surface area contributed by atoms with Crippen molar-refractivity contribution < 1.29 is 14.3 Å². The number of aromatic nitrogens is 3. The van der Waals surface area contributed by atoms with Gasteiger partial charge in [0.05, 0.1) is 12.0 Å². The Bertz CT molecular complexity index is 1520. The molecule has 216 valence electrons. The van der Waals surface area contributed by atoms with Crippen LogP contribution in [0.15, 0.2) is 103 Å². The molecule has 0 aliphatic rings. The lowest BCUT2D eigenvalue weighted by Crippen LogP contribution is -2.33. The van der Waals surface area contributed by atoms with Gasteiger partial charge in [-0.05, 0) is 62.4 Å². The van der Waals surface area contributed by atoms with Crippen molar-refractivity contribution in [3.8, 4) is 0 Å². The molecule has 0 aliphatic carbocycles. The number of unbranched alkanes of at least 4 members (excludes halogenated alkanes) is 1. The second-order valence-electron chi connectivity index (χ2n) is 11.3. The Kier molecular flexibility index (Phi) is 9.05. The van der Waals surface area contributed by atoms with Crippen molar-refractivity contribution in [1.82, 2.24) is 14.5 Å². The summed E-state index contributed by atoms with van der Waals surface area (Å²) in [5, 5.41) is 0.405. The average molecular weight is 582 g/mol. The Morgan fingerprint density at radius 2 is 1.31 bits per heavy atom. The van der Waals surface area contributed by atoms with Crippen LogP contribution in [0.4, 0.5) is 0 Å². The van der Waals surface area contributed by atoms with Gasteiger partial charge in [-0.1, -0.05) is 103 Å². The van der Waals surface area contributed by atoms with Crippen molar-refractivity contribution in [2.45, 2.75) is 52.4 Å². The Morgan fingerprint density at radius 3 is 1.83 bits per heavy atom. The van der Waals surface area contributed by atoms with Crippen LogP contribution in [0, 0.1) is 5.41 Å². The lowest BCUT2D eigenvalue weighted by atomic mass is 9.80. The van der Waals surface area contributed by atoms with E-state index in [1.807, 2.05) is 81.4 Å². The van der Waals surface area contributed by atoms with E-state index < -0.39 is 11.0 Å². The molecule has 2 aromatic heterocycles. The van der Waals surface area contributed by atoms with Gasteiger partial charge in [-0.15, -0.1) is 0 Å². The van der Waals surface area contributed by atoms with Gasteiger partial charge in [0.25, 0.3) is 0 Å². The maximum absolute atomic E-state index is 12.2. The van der Waals surface area contributed by atoms with Crippen molar-refractivity contribution >= 4 is 28.7 Å². The van der Waals surface area contributed by atoms with Gasteiger partial charge in [0.1, 0.15) is 28.7 Å². The van der Waals surface area contributed by atoms with E-state index >= 15 is 0 Å². The van der Waals surface area contributed by atoms with Crippen molar-refractivity contribution in [2.24, 2.45) is 5.41 Å². The number of hydrogen-bond donors (Lipinski definition) is 0. The summed E-state index contributed by atoms with van der Waals surface area (Å²) in [5.74, 6) is 0.552. The molecule has 7 heteroatoms. The molecule has 0 unspecified atom stereocenters. The predicted molar refractivity (Wildman–Crippen MR) is 166 cm³/mol. The Labute approximate surface area is 252 Å². The van der Waals surface area contributed by atoms with Crippen LogP contribution in [-0.2, 0) is 33.0 Å². The summed E-state index contributed by atoms with van der Waals surface area (Å²) in [6.07, 6.45) is 1.48. The van der Waals surface area contributed by atoms with E-state index in [0.717, 1.165) is 34.5 Å². The lowest BCUT2D eigenvalue weighted by Gasteiger charge is -2.36. The molecule has 0 bridgehead atoms. The fourth-order valence-corrected chi connectivity index (χ4v) is 5.21. The number of hydrogen-bond acceptors (Lipinski definition) is 5. The Balaban J connectivity index is 1.48. The minimum Gasteiger partial charge on any atom is -0.465 e. The molecule has 0 N–H and O–H groups in total. The lowest BCUT2D eigenvalue weighted by molar-refractivity contribution is -0.153. The third-order valence-electron chi connectivity index (χ3n) is 7.22. The highest BCUT2D eigenvalue weighted by molar-refractivity contribution is 6.29. The predicted octanol–water partition coefficient (Wildman–Crippen LogP) is 7.96. The van der Waals surface area contributed by atoms with Crippen molar-refractivity contribution in [1.29, 1.82) is 0 Å². The zero-order valence-corrected chi connectivity index (χ0v) is 25.1. The molecule has 0 saturated heterocycles. The molecule has 5 aromatic rings. The maximum atomic E-state index is 12.2. The number of carbonyl (C=O) groups is 1. The molecule has 0 fully saturated rings. The van der Waals surface area contributed by atoms with Crippen LogP contribution in [0.1, 0.15) is 56.1 Å². The van der Waals surface area contributed by atoms with E-state index in [0.29, 0.717) is 30.4 Å². The summed E-state index contributed by atoms with van der Waals surface area (Å²) in [6.45, 7) is 6.79. The molecule has 2 heterocycles. The van der Waals surface area contributed by atoms with E-state index in [4.69, 9.17) is 26.1 Å². The van der Waals surface area contributed by atoms with Gasteiger partial charge in [-0.25, -0.2) is 9.97 Å². The summed E-state index contributed by atoms with van der Waals surface area (Å²) in [5.41, 5.74) is 3.12. The number of fused-ring (bicyclic) bond motifs is 1. The maximum Gasteiger partial charge on any atom is 0.311 e. The standard InChI is InChI=1S/C35H36ClN3O3/c1-34(2,3)33(40)41-24-14-13-23-39-31(37-29-21-22-30(36)38-32(29)39)25-42-35(26-15-7-4-8-16-26,27-17-9-5-10-18-27)28-19-11-6-12-20-28/h4-12,15-22H,13-14,23-25H2,1-3H3. The Hall–Kier alpha value is -4.00. The summed E-state index contributed by atoms with van der Waals surface area (Å²) in [7, 11) is 0. The van der Waals surface area contributed by atoms with Gasteiger partial charge >= 0.3 is 5.97 Å². The largest absolute Gasteiger partial charge is 0.465 e. The number of halogens is 1. The fourth-order valence-electron chi connectivity index (χ4n) is 5.07. The van der Waals surface area contributed by atoms with E-state index in [1.54, 1.807) is 6.07 Å². The highest BCUT2D eigenvalue weighted by Gasteiger charge is 2.38. The first-order valence-electron chi connectivity index (χ1n) is 14.3. The minimum absolute atomic E-state index is 0.197. The summed E-state index contributed by atoms with van der Waals surface area (Å²) < 4.78 is 14.6. The quantitative estimate of drug-likeness (QED) is 0.0685. The molecule has 0 atom stereocenters. The molecular formula is C35H36ClN3O3. The van der Waals surface area contributed by atoms with E-state index in [1.165, 1.54) is 0 Å². The number of aryl methyl sites for hydroxylation is 1. The number of rotatable bonds is 11. The smallest absolute Gasteiger partial charge is 0.311 e. The first-order valence-corrected chi connectivity index (χ1v) is 14.7. The monoisotopic (exact) mass is 581 g/mol. The van der Waals surface area contributed by atoms with Gasteiger partial charge in [0.15, 0.2) is 5.65 Å². The molecule has 0 aliphatic heterocycles. The van der Waals surface area contributed by atoms with Crippen LogP contribution in [0.25, 0.3) is 11.2 Å². The number of imidazole rings is 1. The van der Waals surface area contributed by atoms with Crippen LogP contribution in [0.3, 0.4) is 0 Å². The van der Waals surface area contributed by atoms with E-state index in [2.05, 4.69) is 45.9 Å². The summed E-state index contributed by atoms with van der Waals surface area (Å²) in [4.78, 5) is 21.7. The third-order valence-corrected chi connectivity index (χ3v) is 7.43. The molecule has 0 radical (unpaired) electrons. The molecule has 0 amide bonds. The van der Waals surface area contributed by atoms with Gasteiger partial charge < -0.3 is 14.0 Å². The third kappa shape index (κ3) is 6.40.